The summed E-state index contributed by atoms with van der Waals surface area (Å²) in [6.45, 7) is 7.27. The van der Waals surface area contributed by atoms with Crippen LogP contribution in [-0.2, 0) is 11.3 Å². The molecule has 5 nitrogen and oxygen atoms in total. The summed E-state index contributed by atoms with van der Waals surface area (Å²) in [5.74, 6) is 0.00913. The minimum atomic E-state index is -0.279. The molecule has 6 heteroatoms. The lowest BCUT2D eigenvalue weighted by molar-refractivity contribution is -0.134. The highest BCUT2D eigenvalue weighted by atomic mass is 19.1. The van der Waals surface area contributed by atoms with E-state index in [9.17, 15) is 14.0 Å². The van der Waals surface area contributed by atoms with Crippen LogP contribution in [0.1, 0.15) is 38.7 Å². The van der Waals surface area contributed by atoms with Crippen LogP contribution in [0.2, 0.25) is 0 Å². The molecule has 2 aliphatic heterocycles. The Morgan fingerprint density at radius 2 is 1.77 bits per heavy atom. The number of benzene rings is 1. The van der Waals surface area contributed by atoms with E-state index in [4.69, 9.17) is 0 Å². The molecule has 3 amide bonds. The summed E-state index contributed by atoms with van der Waals surface area (Å²) in [4.78, 5) is 31.2. The fraction of sp³-hybridized carbons (Fsp3) is 0.600. The highest BCUT2D eigenvalue weighted by Crippen LogP contribution is 2.22. The first-order chi connectivity index (χ1) is 12.5. The van der Waals surface area contributed by atoms with Gasteiger partial charge in [-0.1, -0.05) is 26.0 Å². The van der Waals surface area contributed by atoms with Gasteiger partial charge in [-0.25, -0.2) is 9.18 Å². The molecule has 0 aromatic heterocycles. The standard InChI is InChI=1S/C20H28FN3O2/c1-15(2)18-14-23(20(26)22-10-3-4-11-22)12-9-19(25)24(18)13-16-5-7-17(21)8-6-16/h5-8,15,18H,3-4,9-14H2,1-2H3. The highest BCUT2D eigenvalue weighted by Gasteiger charge is 2.35. The summed E-state index contributed by atoms with van der Waals surface area (Å²) < 4.78 is 13.2. The molecule has 1 atom stereocenters. The largest absolute Gasteiger partial charge is 0.333 e. The normalized spacial score (nSPS) is 21.5. The summed E-state index contributed by atoms with van der Waals surface area (Å²) in [5.41, 5.74) is 0.907. The molecular formula is C20H28FN3O2. The van der Waals surface area contributed by atoms with Gasteiger partial charge in [0.05, 0.1) is 6.04 Å². The van der Waals surface area contributed by atoms with Gasteiger partial charge in [0.25, 0.3) is 0 Å². The Labute approximate surface area is 154 Å². The van der Waals surface area contributed by atoms with Crippen molar-refractivity contribution >= 4 is 11.9 Å². The van der Waals surface area contributed by atoms with Crippen molar-refractivity contribution < 1.29 is 14.0 Å². The number of nitrogens with zero attached hydrogens (tertiary/aromatic N) is 3. The number of hydrogen-bond donors (Lipinski definition) is 0. The number of rotatable bonds is 3. The van der Waals surface area contributed by atoms with Gasteiger partial charge in [-0.05, 0) is 36.5 Å². The van der Waals surface area contributed by atoms with Crippen LogP contribution in [0.3, 0.4) is 0 Å². The first-order valence-corrected chi connectivity index (χ1v) is 9.53. The molecule has 2 heterocycles. The second-order valence-electron chi connectivity index (χ2n) is 7.63. The number of urea groups is 1. The molecule has 0 saturated carbocycles. The van der Waals surface area contributed by atoms with E-state index < -0.39 is 0 Å². The number of amides is 3. The van der Waals surface area contributed by atoms with Crippen LogP contribution in [0.4, 0.5) is 9.18 Å². The molecule has 142 valence electrons. The van der Waals surface area contributed by atoms with Gasteiger partial charge in [0.2, 0.25) is 5.91 Å². The van der Waals surface area contributed by atoms with Gasteiger partial charge >= 0.3 is 6.03 Å². The fourth-order valence-electron chi connectivity index (χ4n) is 3.82. The molecule has 2 aliphatic rings. The van der Waals surface area contributed by atoms with Gasteiger partial charge in [-0.3, -0.25) is 4.79 Å². The van der Waals surface area contributed by atoms with Gasteiger partial charge in [0.1, 0.15) is 5.82 Å². The lowest BCUT2D eigenvalue weighted by Gasteiger charge is -2.35. The molecule has 0 spiro atoms. The third kappa shape index (κ3) is 4.17. The highest BCUT2D eigenvalue weighted by molar-refractivity contribution is 5.80. The minimum absolute atomic E-state index is 0.0402. The quantitative estimate of drug-likeness (QED) is 0.830. The molecule has 0 aliphatic carbocycles. The van der Waals surface area contributed by atoms with Crippen molar-refractivity contribution in [3.05, 3.63) is 35.6 Å². The fourth-order valence-corrected chi connectivity index (χ4v) is 3.82. The van der Waals surface area contributed by atoms with Crippen molar-refractivity contribution in [2.24, 2.45) is 5.92 Å². The molecule has 0 radical (unpaired) electrons. The van der Waals surface area contributed by atoms with E-state index in [2.05, 4.69) is 13.8 Å². The Morgan fingerprint density at radius 3 is 2.38 bits per heavy atom. The summed E-state index contributed by atoms with van der Waals surface area (Å²) in [6, 6.07) is 6.30. The monoisotopic (exact) mass is 361 g/mol. The first-order valence-electron chi connectivity index (χ1n) is 9.53. The van der Waals surface area contributed by atoms with E-state index in [-0.39, 0.29) is 29.7 Å². The third-order valence-corrected chi connectivity index (χ3v) is 5.41. The molecule has 1 aromatic rings. The molecule has 26 heavy (non-hydrogen) atoms. The Morgan fingerprint density at radius 1 is 1.12 bits per heavy atom. The van der Waals surface area contributed by atoms with Gasteiger partial charge in [0, 0.05) is 39.1 Å². The van der Waals surface area contributed by atoms with Crippen LogP contribution < -0.4 is 0 Å². The zero-order valence-electron chi connectivity index (χ0n) is 15.7. The minimum Gasteiger partial charge on any atom is -0.333 e. The summed E-state index contributed by atoms with van der Waals surface area (Å²) in [7, 11) is 0. The van der Waals surface area contributed by atoms with Gasteiger partial charge in [-0.2, -0.15) is 0 Å². The van der Waals surface area contributed by atoms with Gasteiger partial charge < -0.3 is 14.7 Å². The van der Waals surface area contributed by atoms with E-state index in [1.165, 1.54) is 12.1 Å². The van der Waals surface area contributed by atoms with Crippen LogP contribution in [0.25, 0.3) is 0 Å². The molecule has 0 N–H and O–H groups in total. The van der Waals surface area contributed by atoms with Crippen LogP contribution >= 0.6 is 0 Å². The second kappa shape index (κ2) is 8.06. The van der Waals surface area contributed by atoms with Crippen molar-refractivity contribution in [3.8, 4) is 0 Å². The number of carbonyl (C=O) groups excluding carboxylic acids is 2. The lowest BCUT2D eigenvalue weighted by Crippen LogP contribution is -2.49. The molecule has 0 bridgehead atoms. The maximum absolute atomic E-state index is 13.2. The predicted octanol–water partition coefficient (Wildman–Crippen LogP) is 3.10. The van der Waals surface area contributed by atoms with Crippen LogP contribution in [0, 0.1) is 11.7 Å². The van der Waals surface area contributed by atoms with Crippen molar-refractivity contribution in [2.75, 3.05) is 26.2 Å². The Kier molecular flexibility index (Phi) is 5.79. The van der Waals surface area contributed by atoms with E-state index in [0.717, 1.165) is 31.5 Å². The van der Waals surface area contributed by atoms with Crippen molar-refractivity contribution in [3.63, 3.8) is 0 Å². The predicted molar refractivity (Wildman–Crippen MR) is 98.0 cm³/mol. The zero-order valence-corrected chi connectivity index (χ0v) is 15.7. The van der Waals surface area contributed by atoms with E-state index in [1.54, 1.807) is 12.1 Å². The van der Waals surface area contributed by atoms with E-state index >= 15 is 0 Å². The Hall–Kier alpha value is -2.11. The molecule has 2 saturated heterocycles. The maximum Gasteiger partial charge on any atom is 0.320 e. The Balaban J connectivity index is 1.77. The number of halogens is 1. The first kappa shape index (κ1) is 18.7. The molecule has 1 aromatic carbocycles. The SMILES string of the molecule is CC(C)C1CN(C(=O)N2CCCC2)CCC(=O)N1Cc1ccc(F)cc1. The number of likely N-dealkylation sites (tertiary alicyclic amines) is 1. The molecular weight excluding hydrogens is 333 g/mol. The molecule has 3 rings (SSSR count). The number of hydrogen-bond acceptors (Lipinski definition) is 2. The van der Waals surface area contributed by atoms with Crippen molar-refractivity contribution in [2.45, 2.75) is 45.7 Å². The topological polar surface area (TPSA) is 43.9 Å². The van der Waals surface area contributed by atoms with Gasteiger partial charge in [0.15, 0.2) is 0 Å². The van der Waals surface area contributed by atoms with Crippen molar-refractivity contribution in [1.82, 2.24) is 14.7 Å². The molecule has 1 unspecified atom stereocenters. The summed E-state index contributed by atoms with van der Waals surface area (Å²) >= 11 is 0. The third-order valence-electron chi connectivity index (χ3n) is 5.41. The Bertz CT molecular complexity index is 641. The lowest BCUT2D eigenvalue weighted by atomic mass is 10.0. The van der Waals surface area contributed by atoms with Gasteiger partial charge in [-0.15, -0.1) is 0 Å². The second-order valence-corrected chi connectivity index (χ2v) is 7.63. The maximum atomic E-state index is 13.2. The van der Waals surface area contributed by atoms with Crippen LogP contribution in [0.15, 0.2) is 24.3 Å². The molecule has 2 fully saturated rings. The van der Waals surface area contributed by atoms with Crippen LogP contribution in [-0.4, -0.2) is 58.9 Å². The van der Waals surface area contributed by atoms with Crippen molar-refractivity contribution in [1.29, 1.82) is 0 Å². The van der Waals surface area contributed by atoms with E-state index in [1.807, 2.05) is 14.7 Å². The van der Waals surface area contributed by atoms with Crippen LogP contribution in [0.5, 0.6) is 0 Å². The number of carbonyl (C=O) groups is 2. The average Bonchev–Trinajstić information content (AvgIpc) is 3.10. The average molecular weight is 361 g/mol. The summed E-state index contributed by atoms with van der Waals surface area (Å²) in [6.07, 6.45) is 2.45. The zero-order chi connectivity index (χ0) is 18.7. The van der Waals surface area contributed by atoms with E-state index in [0.29, 0.717) is 26.1 Å². The smallest absolute Gasteiger partial charge is 0.320 e. The summed E-state index contributed by atoms with van der Waals surface area (Å²) in [5, 5.41) is 0.